The number of alkyl carbamates (subject to hydrolysis) is 1. The van der Waals surface area contributed by atoms with Crippen molar-refractivity contribution in [1.82, 2.24) is 10.2 Å². The molecule has 0 aromatic heterocycles. The lowest BCUT2D eigenvalue weighted by Gasteiger charge is -2.25. The van der Waals surface area contributed by atoms with E-state index in [1.165, 1.54) is 0 Å². The normalized spacial score (nSPS) is 21.3. The Balaban J connectivity index is 2.31. The fraction of sp³-hybridized carbons (Fsp3) is 0.917. The predicted octanol–water partition coefficient (Wildman–Crippen LogP) is 2.24. The van der Waals surface area contributed by atoms with Gasteiger partial charge in [-0.3, -0.25) is 4.90 Å². The Hall–Kier alpha value is -0.910. The predicted molar refractivity (Wildman–Crippen MR) is 64.8 cm³/mol. The van der Waals surface area contributed by atoms with Gasteiger partial charge in [0.2, 0.25) is 0 Å². The summed E-state index contributed by atoms with van der Waals surface area (Å²) in [5.74, 6) is 0. The van der Waals surface area contributed by atoms with E-state index in [4.69, 9.17) is 4.74 Å². The van der Waals surface area contributed by atoms with Crippen LogP contribution >= 0.6 is 0 Å². The molecule has 1 amide bonds. The molecule has 1 aliphatic heterocycles. The molecule has 0 aliphatic carbocycles. The summed E-state index contributed by atoms with van der Waals surface area (Å²) in [6, 6.07) is -0.00785. The number of hydrogen-bond donors (Lipinski definition) is 1. The number of hydrogen-bond acceptors (Lipinski definition) is 3. The molecule has 106 valence electrons. The summed E-state index contributed by atoms with van der Waals surface area (Å²) < 4.78 is 29.8. The first-order valence-corrected chi connectivity index (χ1v) is 6.27. The first-order valence-electron chi connectivity index (χ1n) is 6.27. The Kier molecular flexibility index (Phi) is 5.31. The molecule has 0 saturated carbocycles. The largest absolute Gasteiger partial charge is 0.444 e. The summed E-state index contributed by atoms with van der Waals surface area (Å²) in [4.78, 5) is 13.2. The summed E-state index contributed by atoms with van der Waals surface area (Å²) in [6.07, 6.45) is -1.09. The van der Waals surface area contributed by atoms with Crippen LogP contribution in [0, 0.1) is 0 Å². The van der Waals surface area contributed by atoms with Gasteiger partial charge < -0.3 is 10.1 Å². The van der Waals surface area contributed by atoms with Gasteiger partial charge in [0.1, 0.15) is 5.60 Å². The van der Waals surface area contributed by atoms with Crippen LogP contribution in [0.1, 0.15) is 33.6 Å². The second kappa shape index (κ2) is 6.31. The zero-order valence-corrected chi connectivity index (χ0v) is 11.2. The lowest BCUT2D eigenvalue weighted by molar-refractivity contribution is 0.0495. The van der Waals surface area contributed by atoms with Crippen molar-refractivity contribution in [3.8, 4) is 0 Å². The lowest BCUT2D eigenvalue weighted by atomic mass is 10.2. The van der Waals surface area contributed by atoms with Crippen LogP contribution in [0.3, 0.4) is 0 Å². The third-order valence-electron chi connectivity index (χ3n) is 2.75. The van der Waals surface area contributed by atoms with Gasteiger partial charge in [0.05, 0.1) is 6.54 Å². The number of nitrogens with zero attached hydrogens (tertiary/aromatic N) is 1. The van der Waals surface area contributed by atoms with Gasteiger partial charge in [-0.15, -0.1) is 0 Å². The molecule has 1 heterocycles. The highest BCUT2D eigenvalue weighted by molar-refractivity contribution is 5.67. The number of halogens is 2. The number of alkyl halides is 2. The summed E-state index contributed by atoms with van der Waals surface area (Å²) in [7, 11) is 0. The van der Waals surface area contributed by atoms with Gasteiger partial charge in [-0.05, 0) is 40.2 Å². The van der Waals surface area contributed by atoms with Crippen molar-refractivity contribution in [1.29, 1.82) is 0 Å². The van der Waals surface area contributed by atoms with Gasteiger partial charge in [0.15, 0.2) is 0 Å². The van der Waals surface area contributed by atoms with Gasteiger partial charge in [0, 0.05) is 12.6 Å². The van der Waals surface area contributed by atoms with E-state index in [9.17, 15) is 13.6 Å². The molecule has 0 aromatic carbocycles. The topological polar surface area (TPSA) is 41.6 Å². The highest BCUT2D eigenvalue weighted by Crippen LogP contribution is 2.17. The first kappa shape index (κ1) is 15.1. The summed E-state index contributed by atoms with van der Waals surface area (Å²) in [6.45, 7) is 6.16. The minimum Gasteiger partial charge on any atom is -0.444 e. The third-order valence-corrected chi connectivity index (χ3v) is 2.75. The van der Waals surface area contributed by atoms with Crippen molar-refractivity contribution >= 4 is 6.09 Å². The zero-order valence-electron chi connectivity index (χ0n) is 11.2. The fourth-order valence-corrected chi connectivity index (χ4v) is 2.06. The van der Waals surface area contributed by atoms with E-state index >= 15 is 0 Å². The molecule has 1 fully saturated rings. The van der Waals surface area contributed by atoms with Crippen molar-refractivity contribution in [3.05, 3.63) is 0 Å². The number of ether oxygens (including phenoxy) is 1. The molecule has 0 radical (unpaired) electrons. The quantitative estimate of drug-likeness (QED) is 0.846. The first-order chi connectivity index (χ1) is 8.28. The summed E-state index contributed by atoms with van der Waals surface area (Å²) in [5, 5.41) is 2.64. The van der Waals surface area contributed by atoms with Crippen LogP contribution in [0.4, 0.5) is 13.6 Å². The molecule has 0 spiro atoms. The molecule has 1 unspecified atom stereocenters. The summed E-state index contributed by atoms with van der Waals surface area (Å²) >= 11 is 0. The number of likely N-dealkylation sites (tertiary alicyclic amines) is 1. The van der Waals surface area contributed by atoms with Crippen LogP contribution in [-0.2, 0) is 4.74 Å². The molecule has 1 aliphatic rings. The Morgan fingerprint density at radius 2 is 2.17 bits per heavy atom. The van der Waals surface area contributed by atoms with Gasteiger partial charge >= 0.3 is 6.09 Å². The van der Waals surface area contributed by atoms with E-state index in [0.29, 0.717) is 13.1 Å². The molecule has 1 rings (SSSR count). The van der Waals surface area contributed by atoms with E-state index in [-0.39, 0.29) is 12.6 Å². The maximum atomic E-state index is 12.3. The average Bonchev–Trinajstić information content (AvgIpc) is 2.58. The van der Waals surface area contributed by atoms with Crippen LogP contribution in [0.2, 0.25) is 0 Å². The smallest absolute Gasteiger partial charge is 0.407 e. The number of amides is 1. The third kappa shape index (κ3) is 5.62. The minimum atomic E-state index is -2.33. The van der Waals surface area contributed by atoms with E-state index in [1.54, 1.807) is 25.7 Å². The van der Waals surface area contributed by atoms with Gasteiger partial charge in [-0.25, -0.2) is 13.6 Å². The van der Waals surface area contributed by atoms with Gasteiger partial charge in [-0.2, -0.15) is 0 Å². The number of rotatable bonds is 4. The molecule has 0 bridgehead atoms. The number of nitrogens with one attached hydrogen (secondary N) is 1. The van der Waals surface area contributed by atoms with E-state index in [0.717, 1.165) is 12.8 Å². The SMILES string of the molecule is CC(C)(C)OC(=O)NCC1CCCN1CC(F)F. The van der Waals surface area contributed by atoms with Crippen LogP contribution in [0.25, 0.3) is 0 Å². The van der Waals surface area contributed by atoms with Crippen LogP contribution in [0.5, 0.6) is 0 Å². The molecule has 1 N–H and O–H groups in total. The van der Waals surface area contributed by atoms with Crippen molar-refractivity contribution in [2.24, 2.45) is 0 Å². The second-order valence-corrected chi connectivity index (χ2v) is 5.56. The molecule has 0 aromatic rings. The molecule has 1 saturated heterocycles. The van der Waals surface area contributed by atoms with Crippen molar-refractivity contribution < 1.29 is 18.3 Å². The monoisotopic (exact) mass is 264 g/mol. The lowest BCUT2D eigenvalue weighted by Crippen LogP contribution is -2.43. The Labute approximate surface area is 107 Å². The van der Waals surface area contributed by atoms with Crippen LogP contribution in [0.15, 0.2) is 0 Å². The van der Waals surface area contributed by atoms with E-state index in [1.807, 2.05) is 0 Å². The highest BCUT2D eigenvalue weighted by Gasteiger charge is 2.27. The maximum Gasteiger partial charge on any atom is 0.407 e. The Morgan fingerprint density at radius 1 is 1.50 bits per heavy atom. The van der Waals surface area contributed by atoms with Crippen molar-refractivity contribution in [2.75, 3.05) is 19.6 Å². The molecule has 18 heavy (non-hydrogen) atoms. The van der Waals surface area contributed by atoms with Gasteiger partial charge in [0.25, 0.3) is 6.43 Å². The summed E-state index contributed by atoms with van der Waals surface area (Å²) in [5.41, 5.74) is -0.539. The number of carbonyl (C=O) groups excluding carboxylic acids is 1. The average molecular weight is 264 g/mol. The molecular weight excluding hydrogens is 242 g/mol. The number of carbonyl (C=O) groups is 1. The van der Waals surface area contributed by atoms with Crippen LogP contribution < -0.4 is 5.32 Å². The Bertz CT molecular complexity index is 280. The van der Waals surface area contributed by atoms with Crippen LogP contribution in [-0.4, -0.2) is 48.7 Å². The van der Waals surface area contributed by atoms with Crippen molar-refractivity contribution in [2.45, 2.75) is 51.7 Å². The second-order valence-electron chi connectivity index (χ2n) is 5.56. The Morgan fingerprint density at radius 3 is 2.72 bits per heavy atom. The van der Waals surface area contributed by atoms with Crippen molar-refractivity contribution in [3.63, 3.8) is 0 Å². The molecule has 6 heteroatoms. The highest BCUT2D eigenvalue weighted by atomic mass is 19.3. The molecular formula is C12H22F2N2O2. The molecule has 4 nitrogen and oxygen atoms in total. The van der Waals surface area contributed by atoms with E-state index < -0.39 is 18.1 Å². The molecule has 1 atom stereocenters. The van der Waals surface area contributed by atoms with Gasteiger partial charge in [-0.1, -0.05) is 0 Å². The standard InChI is InChI=1S/C12H22F2N2O2/c1-12(2,3)18-11(17)15-7-9-5-4-6-16(9)8-10(13)14/h9-10H,4-8H2,1-3H3,(H,15,17). The zero-order chi connectivity index (χ0) is 13.8. The van der Waals surface area contributed by atoms with E-state index in [2.05, 4.69) is 5.32 Å². The minimum absolute atomic E-state index is 0.00785. The maximum absolute atomic E-state index is 12.3. The fourth-order valence-electron chi connectivity index (χ4n) is 2.06.